The smallest absolute Gasteiger partial charge is 0.234 e. The Bertz CT molecular complexity index is 1320. The van der Waals surface area contributed by atoms with Crippen molar-refractivity contribution in [2.75, 3.05) is 17.9 Å². The van der Waals surface area contributed by atoms with Crippen LogP contribution in [0.2, 0.25) is 0 Å². The van der Waals surface area contributed by atoms with Gasteiger partial charge in [0.1, 0.15) is 0 Å². The molecule has 0 aliphatic carbocycles. The summed E-state index contributed by atoms with van der Waals surface area (Å²) in [5, 5.41) is 12.5. The summed E-state index contributed by atoms with van der Waals surface area (Å²) < 4.78 is 13.0. The fourth-order valence-electron chi connectivity index (χ4n) is 3.93. The molecular formula is C26H24N4O3S. The second kappa shape index (κ2) is 9.61. The molecule has 0 saturated carbocycles. The molecule has 1 aromatic heterocycles. The predicted molar refractivity (Wildman–Crippen MR) is 132 cm³/mol. The number of ether oxygens (including phenoxy) is 2. The number of carbonyl (C=O) groups excluding carboxylic acids is 1. The zero-order valence-electron chi connectivity index (χ0n) is 18.9. The number of hydrogen-bond acceptors (Lipinski definition) is 6. The van der Waals surface area contributed by atoms with E-state index in [1.807, 2.05) is 79.1 Å². The second-order valence-electron chi connectivity index (χ2n) is 8.16. The van der Waals surface area contributed by atoms with Crippen molar-refractivity contribution in [3.63, 3.8) is 0 Å². The van der Waals surface area contributed by atoms with Crippen LogP contribution in [0.15, 0.2) is 71.9 Å². The van der Waals surface area contributed by atoms with E-state index >= 15 is 0 Å². The quantitative estimate of drug-likeness (QED) is 0.379. The molecule has 8 heteroatoms. The molecule has 1 aliphatic rings. The Kier molecular flexibility index (Phi) is 6.22. The summed E-state index contributed by atoms with van der Waals surface area (Å²) in [5.74, 6) is 2.35. The average molecular weight is 473 g/mol. The number of aryl methyl sites for hydroxylation is 2. The van der Waals surface area contributed by atoms with Crippen LogP contribution in [0.5, 0.6) is 11.5 Å². The maximum Gasteiger partial charge on any atom is 0.234 e. The van der Waals surface area contributed by atoms with Crippen molar-refractivity contribution in [1.29, 1.82) is 0 Å². The maximum absolute atomic E-state index is 12.7. The predicted octanol–water partition coefficient (Wildman–Crippen LogP) is 5.07. The molecule has 5 rings (SSSR count). The molecule has 1 N–H and O–H groups in total. The van der Waals surface area contributed by atoms with E-state index < -0.39 is 0 Å². The number of aromatic nitrogens is 3. The van der Waals surface area contributed by atoms with Crippen LogP contribution in [-0.4, -0.2) is 33.2 Å². The van der Waals surface area contributed by atoms with E-state index in [2.05, 4.69) is 21.6 Å². The number of nitrogens with zero attached hydrogens (tertiary/aromatic N) is 3. The summed E-state index contributed by atoms with van der Waals surface area (Å²) in [6.45, 7) is 4.80. The van der Waals surface area contributed by atoms with Gasteiger partial charge in [-0.2, -0.15) is 0 Å². The number of fused-ring (bicyclic) bond motifs is 1. The monoisotopic (exact) mass is 472 g/mol. The van der Waals surface area contributed by atoms with Gasteiger partial charge in [0.25, 0.3) is 0 Å². The van der Waals surface area contributed by atoms with Crippen LogP contribution in [0.1, 0.15) is 16.7 Å². The lowest BCUT2D eigenvalue weighted by molar-refractivity contribution is -0.113. The van der Waals surface area contributed by atoms with Gasteiger partial charge in [0.2, 0.25) is 12.7 Å². The number of amides is 1. The first kappa shape index (κ1) is 22.0. The molecule has 0 bridgehead atoms. The second-order valence-corrected chi connectivity index (χ2v) is 9.10. The van der Waals surface area contributed by atoms with Gasteiger partial charge in [0.15, 0.2) is 22.5 Å². The van der Waals surface area contributed by atoms with Gasteiger partial charge in [-0.05, 0) is 54.8 Å². The van der Waals surface area contributed by atoms with Gasteiger partial charge in [-0.15, -0.1) is 10.2 Å². The first-order valence-corrected chi connectivity index (χ1v) is 11.9. The minimum atomic E-state index is -0.0890. The van der Waals surface area contributed by atoms with E-state index in [9.17, 15) is 4.79 Å². The summed E-state index contributed by atoms with van der Waals surface area (Å²) in [7, 11) is 0. The molecule has 7 nitrogen and oxygen atoms in total. The molecule has 3 aromatic carbocycles. The average Bonchev–Trinajstić information content (AvgIpc) is 3.44. The number of carbonyl (C=O) groups is 1. The molecule has 0 unspecified atom stereocenters. The van der Waals surface area contributed by atoms with E-state index in [-0.39, 0.29) is 18.5 Å². The summed E-state index contributed by atoms with van der Waals surface area (Å²) in [6, 6.07) is 21.8. The number of anilines is 1. The lowest BCUT2D eigenvalue weighted by Crippen LogP contribution is -2.15. The molecule has 0 fully saturated rings. The van der Waals surface area contributed by atoms with Crippen LogP contribution in [0.4, 0.5) is 5.69 Å². The zero-order valence-corrected chi connectivity index (χ0v) is 19.8. The Morgan fingerprint density at radius 2 is 1.74 bits per heavy atom. The van der Waals surface area contributed by atoms with E-state index in [1.54, 1.807) is 0 Å². The van der Waals surface area contributed by atoms with Gasteiger partial charge in [-0.1, -0.05) is 54.2 Å². The van der Waals surface area contributed by atoms with Gasteiger partial charge in [0, 0.05) is 11.3 Å². The highest BCUT2D eigenvalue weighted by Crippen LogP contribution is 2.33. The highest BCUT2D eigenvalue weighted by molar-refractivity contribution is 7.99. The molecule has 172 valence electrons. The Hall–Kier alpha value is -3.78. The maximum atomic E-state index is 12.7. The number of rotatable bonds is 7. The minimum Gasteiger partial charge on any atom is -0.454 e. The van der Waals surface area contributed by atoms with Crippen LogP contribution >= 0.6 is 11.8 Å². The van der Waals surface area contributed by atoms with Crippen LogP contribution in [0.25, 0.3) is 11.4 Å². The first-order chi connectivity index (χ1) is 16.5. The largest absolute Gasteiger partial charge is 0.454 e. The van der Waals surface area contributed by atoms with E-state index in [1.165, 1.54) is 11.8 Å². The Balaban J connectivity index is 1.37. The molecule has 0 spiro atoms. The molecule has 1 amide bonds. The Morgan fingerprint density at radius 1 is 0.971 bits per heavy atom. The lowest BCUT2D eigenvalue weighted by Gasteiger charge is -2.11. The van der Waals surface area contributed by atoms with Gasteiger partial charge in [-0.25, -0.2) is 0 Å². The summed E-state index contributed by atoms with van der Waals surface area (Å²) in [4.78, 5) is 12.7. The van der Waals surface area contributed by atoms with Crippen molar-refractivity contribution in [2.24, 2.45) is 0 Å². The van der Waals surface area contributed by atoms with Crippen molar-refractivity contribution in [1.82, 2.24) is 14.8 Å². The minimum absolute atomic E-state index is 0.0890. The summed E-state index contributed by atoms with van der Waals surface area (Å²) >= 11 is 1.36. The van der Waals surface area contributed by atoms with Crippen molar-refractivity contribution in [2.45, 2.75) is 25.5 Å². The van der Waals surface area contributed by atoms with Gasteiger partial charge in [-0.3, -0.25) is 9.36 Å². The fourth-order valence-corrected chi connectivity index (χ4v) is 4.67. The molecule has 4 aromatic rings. The number of hydrogen-bond donors (Lipinski definition) is 1. The van der Waals surface area contributed by atoms with Gasteiger partial charge < -0.3 is 14.8 Å². The molecular weight excluding hydrogens is 448 g/mol. The van der Waals surface area contributed by atoms with Crippen LogP contribution in [-0.2, 0) is 11.3 Å². The van der Waals surface area contributed by atoms with Crippen LogP contribution in [0.3, 0.4) is 0 Å². The number of thioether (sulfide) groups is 1. The van der Waals surface area contributed by atoms with E-state index in [4.69, 9.17) is 9.47 Å². The third-order valence-corrected chi connectivity index (χ3v) is 6.33. The Labute approximate surface area is 202 Å². The van der Waals surface area contributed by atoms with E-state index in [0.717, 1.165) is 45.3 Å². The van der Waals surface area contributed by atoms with Gasteiger partial charge in [0.05, 0.1) is 12.3 Å². The standard InChI is InChI=1S/C26H24N4O3S/c1-17-10-18(2)12-21(11-17)27-24(31)15-34-26-29-28-25(20-6-4-3-5-7-20)30(26)14-19-8-9-22-23(13-19)33-16-32-22/h3-13H,14-16H2,1-2H3,(H,27,31). The Morgan fingerprint density at radius 3 is 2.53 bits per heavy atom. The molecule has 0 atom stereocenters. The normalized spacial score (nSPS) is 12.1. The van der Waals surface area contributed by atoms with Crippen LogP contribution in [0, 0.1) is 13.8 Å². The molecule has 0 saturated heterocycles. The van der Waals surface area contributed by atoms with Crippen molar-refractivity contribution in [3.05, 3.63) is 83.4 Å². The molecule has 2 heterocycles. The molecule has 1 aliphatic heterocycles. The fraction of sp³-hybridized carbons (Fsp3) is 0.192. The third-order valence-electron chi connectivity index (χ3n) is 5.36. The highest BCUT2D eigenvalue weighted by Gasteiger charge is 2.18. The highest BCUT2D eigenvalue weighted by atomic mass is 32.2. The van der Waals surface area contributed by atoms with Crippen molar-refractivity contribution in [3.8, 4) is 22.9 Å². The molecule has 0 radical (unpaired) electrons. The van der Waals surface area contributed by atoms with Crippen LogP contribution < -0.4 is 14.8 Å². The lowest BCUT2D eigenvalue weighted by atomic mass is 10.1. The summed E-state index contributed by atoms with van der Waals surface area (Å²) in [5.41, 5.74) is 5.01. The number of benzene rings is 3. The third kappa shape index (κ3) is 4.92. The van der Waals surface area contributed by atoms with Crippen molar-refractivity contribution >= 4 is 23.4 Å². The molecule has 34 heavy (non-hydrogen) atoms. The van der Waals surface area contributed by atoms with Crippen molar-refractivity contribution < 1.29 is 14.3 Å². The number of nitrogens with one attached hydrogen (secondary N) is 1. The van der Waals surface area contributed by atoms with Gasteiger partial charge >= 0.3 is 0 Å². The topological polar surface area (TPSA) is 78.3 Å². The SMILES string of the molecule is Cc1cc(C)cc(NC(=O)CSc2nnc(-c3ccccc3)n2Cc2ccc3c(c2)OCO3)c1. The van der Waals surface area contributed by atoms with E-state index in [0.29, 0.717) is 11.7 Å². The summed E-state index contributed by atoms with van der Waals surface area (Å²) in [6.07, 6.45) is 0. The first-order valence-electron chi connectivity index (χ1n) is 10.9. The zero-order chi connectivity index (χ0) is 23.5.